The number of ether oxygens (including phenoxy) is 1. The normalized spacial score (nSPS) is 29.0. The topological polar surface area (TPSA) is 162 Å². The van der Waals surface area contributed by atoms with Gasteiger partial charge in [0.05, 0.1) is 35.3 Å². The molecule has 11 nitrogen and oxygen atoms in total. The van der Waals surface area contributed by atoms with Crippen molar-refractivity contribution in [3.8, 4) is 17.2 Å². The van der Waals surface area contributed by atoms with E-state index in [2.05, 4.69) is 0 Å². The maximum atomic E-state index is 14.5. The molecule has 49 heavy (non-hydrogen) atoms. The molecule has 0 spiro atoms. The van der Waals surface area contributed by atoms with Gasteiger partial charge in [0.2, 0.25) is 11.8 Å². The average molecular weight is 730 g/mol. The van der Waals surface area contributed by atoms with E-state index in [9.17, 15) is 43.7 Å². The Balaban J connectivity index is 1.40. The second kappa shape index (κ2) is 11.2. The lowest BCUT2D eigenvalue weighted by atomic mass is 9.56. The lowest BCUT2D eigenvalue weighted by Crippen LogP contribution is -2.60. The molecule has 7 rings (SSSR count). The zero-order valence-corrected chi connectivity index (χ0v) is 27.5. The van der Waals surface area contributed by atoms with Crippen LogP contribution in [0.1, 0.15) is 34.7 Å². The van der Waals surface area contributed by atoms with Crippen molar-refractivity contribution in [2.75, 3.05) is 16.9 Å². The Morgan fingerprint density at radius 3 is 2.22 bits per heavy atom. The van der Waals surface area contributed by atoms with Gasteiger partial charge in [-0.25, -0.2) is 19.0 Å². The van der Waals surface area contributed by atoms with Gasteiger partial charge in [0.15, 0.2) is 21.2 Å². The number of amides is 4. The lowest BCUT2D eigenvalue weighted by Gasteiger charge is -2.50. The molecular weight excluding hydrogens is 706 g/mol. The monoisotopic (exact) mass is 728 g/mol. The van der Waals surface area contributed by atoms with Gasteiger partial charge in [0.25, 0.3) is 11.8 Å². The fraction of sp³-hybridized carbons (Fsp3) is 0.265. The molecule has 252 valence electrons. The number of hydrogen-bond donors (Lipinski definition) is 3. The number of hydrogen-bond acceptors (Lipinski definition) is 8. The molecule has 3 aromatic carbocycles. The van der Waals surface area contributed by atoms with Crippen LogP contribution in [0.5, 0.6) is 17.2 Å². The number of aromatic carboxylic acids is 1. The standard InChI is InChI=1S/C34H24Cl3FN2O9/c1-49-24-11-14(10-22(35)27(24)42)26-18-8-9-20-25(29(44)39(28(20)43)17-6-7-19(30(45)46)23(41)12-17)21(18)13-33(36)31(47)40(32(48)34(26,33)37)16-4-2-15(38)3-5-16/h2-8,10-12,20-21,25-26,41-42H,9,13H2,1H3,(H,45,46)/t20-,21+,25-,26-,33+,34-/m0/s1. The Bertz CT molecular complexity index is 2060. The maximum absolute atomic E-state index is 14.5. The molecule has 3 fully saturated rings. The minimum atomic E-state index is -2.25. The quantitative estimate of drug-likeness (QED) is 0.178. The zero-order valence-electron chi connectivity index (χ0n) is 25.2. The predicted molar refractivity (Wildman–Crippen MR) is 174 cm³/mol. The molecule has 0 bridgehead atoms. The van der Waals surface area contributed by atoms with Gasteiger partial charge in [-0.2, -0.15) is 0 Å². The summed E-state index contributed by atoms with van der Waals surface area (Å²) in [5.74, 6) is -10.5. The van der Waals surface area contributed by atoms with E-state index in [0.29, 0.717) is 5.57 Å². The van der Waals surface area contributed by atoms with Crippen LogP contribution in [0.2, 0.25) is 5.02 Å². The van der Waals surface area contributed by atoms with Crippen molar-refractivity contribution in [3.05, 3.63) is 88.2 Å². The number of carboxylic acid groups (broad SMARTS) is 1. The Labute approximate surface area is 292 Å². The number of halogens is 4. The van der Waals surface area contributed by atoms with Crippen LogP contribution >= 0.6 is 34.8 Å². The van der Waals surface area contributed by atoms with E-state index in [4.69, 9.17) is 39.5 Å². The highest BCUT2D eigenvalue weighted by Crippen LogP contribution is 2.66. The van der Waals surface area contributed by atoms with Crippen molar-refractivity contribution in [2.45, 2.75) is 28.5 Å². The summed E-state index contributed by atoms with van der Waals surface area (Å²) in [6.07, 6.45) is 1.34. The second-order valence-electron chi connectivity index (χ2n) is 12.3. The number of nitrogens with zero attached hydrogens (tertiary/aromatic N) is 2. The fourth-order valence-electron chi connectivity index (χ4n) is 7.78. The van der Waals surface area contributed by atoms with Gasteiger partial charge in [0.1, 0.15) is 17.1 Å². The number of benzene rings is 3. The number of phenolic OH excluding ortho intramolecular Hbond substituents is 1. The number of alkyl halides is 2. The third-order valence-electron chi connectivity index (χ3n) is 9.97. The Hall–Kier alpha value is -4.65. The largest absolute Gasteiger partial charge is 0.507 e. The van der Waals surface area contributed by atoms with Crippen molar-refractivity contribution in [1.29, 1.82) is 0 Å². The summed E-state index contributed by atoms with van der Waals surface area (Å²) in [7, 11) is 1.28. The van der Waals surface area contributed by atoms with Crippen LogP contribution in [0.4, 0.5) is 15.8 Å². The van der Waals surface area contributed by atoms with Crippen molar-refractivity contribution < 1.29 is 48.4 Å². The molecule has 2 saturated heterocycles. The molecule has 1 saturated carbocycles. The summed E-state index contributed by atoms with van der Waals surface area (Å²) in [6, 6.07) is 10.6. The SMILES string of the molecule is COc1cc([C@H]2C3=CC[C@@H]4C(=O)N(c5ccc(C(=O)O)c(O)c5)C(=O)[C@@H]4[C@@H]3C[C@@]3(Cl)C(=O)N(c4ccc(F)cc4)C(=O)[C@@]23Cl)cc(Cl)c1O. The van der Waals surface area contributed by atoms with Crippen LogP contribution in [0, 0.1) is 23.6 Å². The summed E-state index contributed by atoms with van der Waals surface area (Å²) in [6.45, 7) is 0. The van der Waals surface area contributed by atoms with Crippen LogP contribution in [0.25, 0.3) is 0 Å². The van der Waals surface area contributed by atoms with E-state index in [1.54, 1.807) is 6.08 Å². The number of carbonyl (C=O) groups excluding carboxylic acids is 4. The maximum Gasteiger partial charge on any atom is 0.339 e. The minimum absolute atomic E-state index is 0.00339. The lowest BCUT2D eigenvalue weighted by molar-refractivity contribution is -0.125. The number of imide groups is 2. The van der Waals surface area contributed by atoms with Crippen LogP contribution in [0.15, 0.2) is 66.2 Å². The molecule has 15 heteroatoms. The fourth-order valence-corrected chi connectivity index (χ4v) is 8.94. The number of carbonyl (C=O) groups is 5. The van der Waals surface area contributed by atoms with Crippen LogP contribution in [-0.2, 0) is 19.2 Å². The first-order valence-corrected chi connectivity index (χ1v) is 16.0. The molecule has 6 atom stereocenters. The molecule has 3 N–H and O–H groups in total. The molecule has 2 aliphatic heterocycles. The van der Waals surface area contributed by atoms with Gasteiger partial charge in [-0.1, -0.05) is 23.3 Å². The number of aromatic hydroxyl groups is 2. The summed E-state index contributed by atoms with van der Waals surface area (Å²) >= 11 is 21.1. The first-order valence-electron chi connectivity index (χ1n) is 14.9. The molecule has 4 amide bonds. The highest BCUT2D eigenvalue weighted by atomic mass is 35.5. The summed E-state index contributed by atoms with van der Waals surface area (Å²) < 4.78 is 19.2. The predicted octanol–water partition coefficient (Wildman–Crippen LogP) is 5.37. The number of methoxy groups -OCH3 is 1. The van der Waals surface area contributed by atoms with E-state index < -0.39 is 85.9 Å². The molecule has 2 heterocycles. The molecule has 0 aromatic heterocycles. The van der Waals surface area contributed by atoms with Gasteiger partial charge in [-0.05, 0) is 72.9 Å². The van der Waals surface area contributed by atoms with Crippen molar-refractivity contribution in [2.24, 2.45) is 17.8 Å². The Kier molecular flexibility index (Phi) is 7.51. The summed E-state index contributed by atoms with van der Waals surface area (Å²) in [4.78, 5) is 65.5. The van der Waals surface area contributed by atoms with Crippen molar-refractivity contribution in [1.82, 2.24) is 0 Å². The van der Waals surface area contributed by atoms with E-state index >= 15 is 0 Å². The molecular formula is C34H24Cl3FN2O9. The first kappa shape index (κ1) is 32.9. The van der Waals surface area contributed by atoms with Gasteiger partial charge in [0, 0.05) is 12.0 Å². The van der Waals surface area contributed by atoms with Crippen molar-refractivity contribution in [3.63, 3.8) is 0 Å². The minimum Gasteiger partial charge on any atom is -0.507 e. The first-order chi connectivity index (χ1) is 23.1. The van der Waals surface area contributed by atoms with E-state index in [1.807, 2.05) is 0 Å². The number of allylic oxidation sites excluding steroid dienone is 2. The number of anilines is 2. The van der Waals surface area contributed by atoms with Crippen LogP contribution in [-0.4, -0.2) is 61.8 Å². The highest BCUT2D eigenvalue weighted by Gasteiger charge is 2.76. The smallest absolute Gasteiger partial charge is 0.339 e. The van der Waals surface area contributed by atoms with E-state index in [0.717, 1.165) is 34.1 Å². The Morgan fingerprint density at radius 2 is 1.59 bits per heavy atom. The number of fused-ring (bicyclic) bond motifs is 4. The molecule has 0 unspecified atom stereocenters. The number of rotatable bonds is 5. The Morgan fingerprint density at radius 1 is 0.918 bits per heavy atom. The number of phenols is 2. The average Bonchev–Trinajstić information content (AvgIpc) is 3.40. The van der Waals surface area contributed by atoms with Gasteiger partial charge < -0.3 is 20.1 Å². The highest BCUT2D eigenvalue weighted by molar-refractivity contribution is 6.58. The molecule has 0 radical (unpaired) electrons. The molecule has 2 aliphatic carbocycles. The third kappa shape index (κ3) is 4.43. The van der Waals surface area contributed by atoms with E-state index in [-0.39, 0.29) is 40.6 Å². The van der Waals surface area contributed by atoms with Gasteiger partial charge in [-0.15, -0.1) is 23.2 Å². The summed E-state index contributed by atoms with van der Waals surface area (Å²) in [5, 5.41) is 30.0. The number of carboxylic acids is 1. The molecule has 3 aromatic rings. The third-order valence-corrected chi connectivity index (χ3v) is 11.7. The van der Waals surface area contributed by atoms with Crippen LogP contribution in [0.3, 0.4) is 0 Å². The zero-order chi connectivity index (χ0) is 35.3. The van der Waals surface area contributed by atoms with Crippen LogP contribution < -0.4 is 14.5 Å². The molecule has 4 aliphatic rings. The van der Waals surface area contributed by atoms with Gasteiger partial charge in [-0.3, -0.25) is 19.2 Å². The van der Waals surface area contributed by atoms with Gasteiger partial charge >= 0.3 is 5.97 Å². The summed E-state index contributed by atoms with van der Waals surface area (Å²) in [5.41, 5.74) is 0.158. The van der Waals surface area contributed by atoms with Crippen molar-refractivity contribution >= 4 is 75.8 Å². The second-order valence-corrected chi connectivity index (χ2v) is 14.0. The van der Waals surface area contributed by atoms with E-state index in [1.165, 1.54) is 37.4 Å².